The van der Waals surface area contributed by atoms with Crippen LogP contribution in [0.15, 0.2) is 12.1 Å². The average molecular weight is 351 g/mol. The summed E-state index contributed by atoms with van der Waals surface area (Å²) in [5.41, 5.74) is -0.213. The summed E-state index contributed by atoms with van der Waals surface area (Å²) in [7, 11) is 0. The monoisotopic (exact) mass is 351 g/mol. The smallest absolute Gasteiger partial charge is 0.412 e. The molecule has 2 heterocycles. The van der Waals surface area contributed by atoms with Gasteiger partial charge in [0.2, 0.25) is 5.91 Å². The number of carbonyl (C=O) groups is 2. The van der Waals surface area contributed by atoms with E-state index in [1.54, 1.807) is 20.8 Å². The first kappa shape index (κ1) is 18.8. The summed E-state index contributed by atoms with van der Waals surface area (Å²) in [6.07, 6.45) is -0.644. The van der Waals surface area contributed by atoms with Crippen LogP contribution in [0.25, 0.3) is 0 Å². The van der Waals surface area contributed by atoms with Crippen molar-refractivity contribution in [2.75, 3.05) is 17.2 Å². The molecule has 2 rings (SSSR count). The number of halogens is 1. The number of aromatic nitrogens is 1. The third-order valence-corrected chi connectivity index (χ3v) is 3.34. The summed E-state index contributed by atoms with van der Waals surface area (Å²) in [6, 6.07) is 2.38. The lowest BCUT2D eigenvalue weighted by molar-refractivity contribution is -0.117. The second kappa shape index (κ2) is 7.56. The summed E-state index contributed by atoms with van der Waals surface area (Å²) in [5.74, 6) is -0.182. The van der Waals surface area contributed by atoms with Gasteiger partial charge in [-0.1, -0.05) is 0 Å². The number of ether oxygens (including phenoxy) is 1. The van der Waals surface area contributed by atoms with Crippen molar-refractivity contribution in [1.82, 2.24) is 10.3 Å². The summed E-state index contributed by atoms with van der Waals surface area (Å²) in [4.78, 5) is 28.0. The fourth-order valence-corrected chi connectivity index (χ4v) is 2.28. The Morgan fingerprint density at radius 3 is 2.68 bits per heavy atom. The molecule has 0 radical (unpaired) electrons. The third kappa shape index (κ3) is 5.49. The summed E-state index contributed by atoms with van der Waals surface area (Å²) < 4.78 is 18.3. The Balaban J connectivity index is 2.04. The number of rotatable bonds is 4. The maximum absolute atomic E-state index is 13.1. The van der Waals surface area contributed by atoms with Crippen molar-refractivity contribution in [3.05, 3.63) is 17.8 Å². The minimum atomic E-state index is -1.04. The number of pyridine rings is 1. The molecule has 1 aromatic heterocycles. The Kier molecular flexibility index (Phi) is 5.68. The molecule has 1 aliphatic heterocycles. The number of alkyl halides is 1. The number of nitrogens with one attached hydrogen (secondary N) is 4. The molecule has 9 heteroatoms. The maximum Gasteiger partial charge on any atom is 0.412 e. The van der Waals surface area contributed by atoms with E-state index >= 15 is 0 Å². The molecule has 1 aromatic rings. The minimum absolute atomic E-state index is 0.113. The molecule has 1 fully saturated rings. The number of nitrogens with zero attached hydrogens (tertiary/aromatic N) is 1. The van der Waals surface area contributed by atoms with Crippen LogP contribution in [0.1, 0.15) is 32.9 Å². The van der Waals surface area contributed by atoms with Crippen LogP contribution in [0, 0.1) is 5.41 Å². The summed E-state index contributed by atoms with van der Waals surface area (Å²) >= 11 is 0. The highest BCUT2D eigenvalue weighted by Crippen LogP contribution is 2.18. The topological polar surface area (TPSA) is 116 Å². The van der Waals surface area contributed by atoms with E-state index in [2.05, 4.69) is 20.9 Å². The van der Waals surface area contributed by atoms with Crippen molar-refractivity contribution < 1.29 is 18.7 Å². The van der Waals surface area contributed by atoms with Gasteiger partial charge in [-0.05, 0) is 32.9 Å². The van der Waals surface area contributed by atoms with Gasteiger partial charge in [0.15, 0.2) is 0 Å². The Morgan fingerprint density at radius 1 is 1.40 bits per heavy atom. The van der Waals surface area contributed by atoms with Crippen LogP contribution in [0.3, 0.4) is 0 Å². The molecule has 0 spiro atoms. The number of hydrogen-bond acceptors (Lipinski definition) is 6. The Morgan fingerprint density at radius 2 is 2.12 bits per heavy atom. The van der Waals surface area contributed by atoms with Gasteiger partial charge in [-0.2, -0.15) is 0 Å². The van der Waals surface area contributed by atoms with Crippen LogP contribution >= 0.6 is 0 Å². The van der Waals surface area contributed by atoms with Gasteiger partial charge in [-0.25, -0.2) is 14.2 Å². The third-order valence-electron chi connectivity index (χ3n) is 3.34. The Hall–Kier alpha value is -2.55. The first-order chi connectivity index (χ1) is 11.7. The average Bonchev–Trinajstić information content (AvgIpc) is 2.93. The second-order valence-corrected chi connectivity index (χ2v) is 6.68. The highest BCUT2D eigenvalue weighted by Gasteiger charge is 2.29. The van der Waals surface area contributed by atoms with Crippen LogP contribution in [-0.2, 0) is 9.53 Å². The summed E-state index contributed by atoms with van der Waals surface area (Å²) in [6.45, 7) is 5.36. The van der Waals surface area contributed by atoms with Crippen molar-refractivity contribution in [1.29, 1.82) is 5.41 Å². The van der Waals surface area contributed by atoms with E-state index in [0.29, 0.717) is 0 Å². The zero-order valence-electron chi connectivity index (χ0n) is 14.4. The van der Waals surface area contributed by atoms with E-state index in [1.165, 1.54) is 12.1 Å². The lowest BCUT2D eigenvalue weighted by Crippen LogP contribution is -2.35. The van der Waals surface area contributed by atoms with Gasteiger partial charge in [-0.3, -0.25) is 10.1 Å². The molecule has 0 aromatic carbocycles. The number of anilines is 2. The first-order valence-electron chi connectivity index (χ1n) is 7.88. The van der Waals surface area contributed by atoms with E-state index in [0.717, 1.165) is 6.21 Å². The highest BCUT2D eigenvalue weighted by atomic mass is 19.1. The molecule has 1 saturated heterocycles. The Bertz CT molecular complexity index is 674. The molecule has 0 aliphatic carbocycles. The van der Waals surface area contributed by atoms with Gasteiger partial charge < -0.3 is 20.8 Å². The SMILES string of the molecule is CC(C)(C)OC(=O)Nc1ccc(NC(=O)[C@H]2C[C@@H](F)CN2)nc1C=N. The van der Waals surface area contributed by atoms with Crippen molar-refractivity contribution in [2.45, 2.75) is 45.0 Å². The van der Waals surface area contributed by atoms with E-state index in [9.17, 15) is 14.0 Å². The normalized spacial score (nSPS) is 20.0. The fourth-order valence-electron chi connectivity index (χ4n) is 2.28. The van der Waals surface area contributed by atoms with Gasteiger partial charge in [-0.15, -0.1) is 0 Å². The molecule has 25 heavy (non-hydrogen) atoms. The van der Waals surface area contributed by atoms with Gasteiger partial charge >= 0.3 is 6.09 Å². The second-order valence-electron chi connectivity index (χ2n) is 6.68. The van der Waals surface area contributed by atoms with Crippen LogP contribution in [0.2, 0.25) is 0 Å². The molecule has 1 aliphatic rings. The maximum atomic E-state index is 13.1. The quantitative estimate of drug-likeness (QED) is 0.620. The Labute approximate surface area is 145 Å². The van der Waals surface area contributed by atoms with E-state index in [1.807, 2.05) is 0 Å². The number of amides is 2. The standard InChI is InChI=1S/C16H22FN5O3/c1-16(2,3)25-15(24)21-10-4-5-13(20-12(10)7-18)22-14(23)11-6-9(17)8-19-11/h4-5,7,9,11,18-19H,6,8H2,1-3H3,(H,21,24)(H,20,22,23)/t9-,11-/m1/s1. The van der Waals surface area contributed by atoms with E-state index in [4.69, 9.17) is 10.1 Å². The van der Waals surface area contributed by atoms with Crippen molar-refractivity contribution in [2.24, 2.45) is 0 Å². The zero-order valence-corrected chi connectivity index (χ0v) is 14.4. The van der Waals surface area contributed by atoms with Gasteiger partial charge in [0.05, 0.1) is 11.7 Å². The lowest BCUT2D eigenvalue weighted by atomic mass is 10.2. The van der Waals surface area contributed by atoms with E-state index < -0.39 is 29.8 Å². The van der Waals surface area contributed by atoms with Crippen molar-refractivity contribution in [3.8, 4) is 0 Å². The number of carbonyl (C=O) groups excluding carboxylic acids is 2. The molecular formula is C16H22FN5O3. The molecule has 2 atom stereocenters. The van der Waals surface area contributed by atoms with Crippen molar-refractivity contribution in [3.63, 3.8) is 0 Å². The molecule has 4 N–H and O–H groups in total. The van der Waals surface area contributed by atoms with E-state index in [-0.39, 0.29) is 30.2 Å². The highest BCUT2D eigenvalue weighted by molar-refractivity contribution is 5.96. The predicted octanol–water partition coefficient (Wildman–Crippen LogP) is 2.06. The van der Waals surface area contributed by atoms with Crippen LogP contribution in [0.5, 0.6) is 0 Å². The van der Waals surface area contributed by atoms with Crippen LogP contribution in [-0.4, -0.2) is 47.6 Å². The number of hydrogen-bond donors (Lipinski definition) is 4. The molecule has 8 nitrogen and oxygen atoms in total. The largest absolute Gasteiger partial charge is 0.444 e. The molecule has 136 valence electrons. The van der Waals surface area contributed by atoms with Gasteiger partial charge in [0, 0.05) is 19.2 Å². The fraction of sp³-hybridized carbons (Fsp3) is 0.500. The molecule has 0 saturated carbocycles. The predicted molar refractivity (Wildman–Crippen MR) is 91.9 cm³/mol. The van der Waals surface area contributed by atoms with Gasteiger partial charge in [0.25, 0.3) is 0 Å². The molecule has 2 amide bonds. The lowest BCUT2D eigenvalue weighted by Gasteiger charge is -2.20. The van der Waals surface area contributed by atoms with Crippen LogP contribution < -0.4 is 16.0 Å². The van der Waals surface area contributed by atoms with Crippen LogP contribution in [0.4, 0.5) is 20.7 Å². The zero-order chi connectivity index (χ0) is 18.6. The van der Waals surface area contributed by atoms with Crippen molar-refractivity contribution >= 4 is 29.7 Å². The molecular weight excluding hydrogens is 329 g/mol. The molecule has 0 bridgehead atoms. The van der Waals surface area contributed by atoms with Gasteiger partial charge in [0.1, 0.15) is 23.3 Å². The minimum Gasteiger partial charge on any atom is -0.444 e. The first-order valence-corrected chi connectivity index (χ1v) is 7.88. The molecule has 0 unspecified atom stereocenters. The summed E-state index contributed by atoms with van der Waals surface area (Å²) in [5, 5.41) is 15.3.